The summed E-state index contributed by atoms with van der Waals surface area (Å²) < 4.78 is 6.05. The second kappa shape index (κ2) is 13.5. The van der Waals surface area contributed by atoms with Crippen LogP contribution in [0, 0.1) is 0 Å². The van der Waals surface area contributed by atoms with Gasteiger partial charge in [0.15, 0.2) is 0 Å². The van der Waals surface area contributed by atoms with Crippen molar-refractivity contribution >= 4 is 18.2 Å². The van der Waals surface area contributed by atoms with E-state index >= 15 is 0 Å². The minimum Gasteiger partial charge on any atom is -0.489 e. The van der Waals surface area contributed by atoms with Crippen molar-refractivity contribution in [1.82, 2.24) is 20.9 Å². The summed E-state index contributed by atoms with van der Waals surface area (Å²) in [5.41, 5.74) is 1.08. The number of hydrogen-bond acceptors (Lipinski definition) is 5. The number of hydrogen-bond donors (Lipinski definition) is 3. The van der Waals surface area contributed by atoms with Crippen molar-refractivity contribution in [2.75, 3.05) is 33.2 Å². The smallest absolute Gasteiger partial charge is 0.239 e. The van der Waals surface area contributed by atoms with E-state index in [-0.39, 0.29) is 24.5 Å². The number of likely N-dealkylation sites (N-methyl/N-ethyl adjacent to an activating group) is 2. The van der Waals surface area contributed by atoms with Crippen LogP contribution in [0.4, 0.5) is 0 Å². The van der Waals surface area contributed by atoms with Crippen LogP contribution in [0.5, 0.6) is 5.75 Å². The van der Waals surface area contributed by atoms with E-state index in [2.05, 4.69) is 16.0 Å². The summed E-state index contributed by atoms with van der Waals surface area (Å²) in [6.07, 6.45) is 2.19. The number of carbonyl (C=O) groups excluding carboxylic acids is 3. The molecule has 0 aliphatic rings. The molecule has 0 aliphatic heterocycles. The normalized spacial score (nSPS) is 12.6. The van der Waals surface area contributed by atoms with Crippen LogP contribution in [-0.4, -0.2) is 68.5 Å². The van der Waals surface area contributed by atoms with Crippen molar-refractivity contribution in [3.8, 4) is 5.75 Å². The van der Waals surface area contributed by atoms with Gasteiger partial charge in [0, 0.05) is 26.7 Å². The number of amides is 3. The van der Waals surface area contributed by atoms with E-state index in [4.69, 9.17) is 4.74 Å². The Balaban J connectivity index is 2.48. The van der Waals surface area contributed by atoms with Gasteiger partial charge in [-0.3, -0.25) is 14.4 Å². The molecule has 0 aliphatic carbocycles. The zero-order valence-electron chi connectivity index (χ0n) is 17.9. The van der Waals surface area contributed by atoms with Gasteiger partial charge < -0.3 is 25.6 Å². The fraction of sp³-hybridized carbons (Fsp3) is 0.571. The second-order valence-corrected chi connectivity index (χ2v) is 6.99. The number of para-hydroxylation sites is 1. The predicted octanol–water partition coefficient (Wildman–Crippen LogP) is 0.705. The van der Waals surface area contributed by atoms with Crippen LogP contribution in [0.15, 0.2) is 24.3 Å². The van der Waals surface area contributed by atoms with Gasteiger partial charge in [-0.1, -0.05) is 18.2 Å². The molecule has 8 nitrogen and oxygen atoms in total. The highest BCUT2D eigenvalue weighted by Crippen LogP contribution is 2.20. The third-order valence-corrected chi connectivity index (χ3v) is 4.36. The third kappa shape index (κ3) is 9.43. The summed E-state index contributed by atoms with van der Waals surface area (Å²) >= 11 is 0. The van der Waals surface area contributed by atoms with Crippen LogP contribution < -0.4 is 20.7 Å². The Kier molecular flexibility index (Phi) is 11.4. The molecule has 2 atom stereocenters. The Morgan fingerprint density at radius 3 is 2.66 bits per heavy atom. The van der Waals surface area contributed by atoms with Gasteiger partial charge in [0.2, 0.25) is 18.2 Å². The Bertz CT molecular complexity index is 653. The van der Waals surface area contributed by atoms with Crippen LogP contribution in [0.25, 0.3) is 0 Å². The molecule has 0 saturated carbocycles. The molecular formula is C21H34N4O4. The topological polar surface area (TPSA) is 99.8 Å². The van der Waals surface area contributed by atoms with E-state index in [1.807, 2.05) is 38.1 Å². The monoisotopic (exact) mass is 406 g/mol. The first kappa shape index (κ1) is 24.4. The van der Waals surface area contributed by atoms with Gasteiger partial charge in [-0.05, 0) is 45.2 Å². The maximum absolute atomic E-state index is 12.4. The Morgan fingerprint density at radius 1 is 1.24 bits per heavy atom. The van der Waals surface area contributed by atoms with Crippen molar-refractivity contribution in [2.45, 2.75) is 45.8 Å². The predicted molar refractivity (Wildman–Crippen MR) is 113 cm³/mol. The van der Waals surface area contributed by atoms with E-state index in [9.17, 15) is 14.4 Å². The second-order valence-electron chi connectivity index (χ2n) is 6.99. The van der Waals surface area contributed by atoms with Crippen molar-refractivity contribution in [2.24, 2.45) is 0 Å². The lowest BCUT2D eigenvalue weighted by Gasteiger charge is -2.24. The van der Waals surface area contributed by atoms with Crippen LogP contribution >= 0.6 is 0 Å². The number of aryl methyl sites for hydroxylation is 1. The van der Waals surface area contributed by atoms with E-state index in [1.165, 1.54) is 4.90 Å². The quantitative estimate of drug-likeness (QED) is 0.312. The lowest BCUT2D eigenvalue weighted by molar-refractivity contribution is -0.136. The van der Waals surface area contributed by atoms with Gasteiger partial charge >= 0.3 is 0 Å². The molecule has 1 aromatic carbocycles. The van der Waals surface area contributed by atoms with Crippen molar-refractivity contribution in [3.05, 3.63) is 29.8 Å². The van der Waals surface area contributed by atoms with Gasteiger partial charge in [0.05, 0.1) is 12.6 Å². The summed E-state index contributed by atoms with van der Waals surface area (Å²) in [7, 11) is 1.62. The molecule has 0 bridgehead atoms. The van der Waals surface area contributed by atoms with Gasteiger partial charge in [0.1, 0.15) is 11.9 Å². The zero-order chi connectivity index (χ0) is 21.6. The summed E-state index contributed by atoms with van der Waals surface area (Å²) in [6.45, 7) is 7.24. The van der Waals surface area contributed by atoms with Crippen LogP contribution in [0.3, 0.4) is 0 Å². The molecule has 1 aromatic rings. The highest BCUT2D eigenvalue weighted by molar-refractivity contribution is 5.87. The number of benzene rings is 1. The molecule has 0 aromatic heterocycles. The van der Waals surface area contributed by atoms with Gasteiger partial charge in [-0.25, -0.2) is 0 Å². The standard InChI is InChI=1S/C21H34N4O4/c1-5-23-20(27)14-25(4)21(28)17(3)24-13-16(2)29-19-11-7-6-9-18(19)10-8-12-22-15-26/h6-7,9,11,15-17,24H,5,8,10,12-14H2,1-4H3,(H,22,26)(H,23,27). The first-order valence-electron chi connectivity index (χ1n) is 10.1. The van der Waals surface area contributed by atoms with E-state index in [0.29, 0.717) is 26.0 Å². The lowest BCUT2D eigenvalue weighted by Crippen LogP contribution is -2.48. The highest BCUT2D eigenvalue weighted by Gasteiger charge is 2.20. The van der Waals surface area contributed by atoms with Crippen molar-refractivity contribution in [3.63, 3.8) is 0 Å². The number of nitrogens with zero attached hydrogens (tertiary/aromatic N) is 1. The molecule has 0 heterocycles. The van der Waals surface area contributed by atoms with Crippen LogP contribution in [0.2, 0.25) is 0 Å². The molecule has 3 amide bonds. The Hall–Kier alpha value is -2.61. The van der Waals surface area contributed by atoms with Gasteiger partial charge in [-0.2, -0.15) is 0 Å². The molecule has 162 valence electrons. The summed E-state index contributed by atoms with van der Waals surface area (Å²) in [5, 5.41) is 8.51. The molecule has 2 unspecified atom stereocenters. The number of nitrogens with one attached hydrogen (secondary N) is 3. The summed E-state index contributed by atoms with van der Waals surface area (Å²) in [5.74, 6) is 0.485. The molecular weight excluding hydrogens is 372 g/mol. The van der Waals surface area contributed by atoms with Gasteiger partial charge in [0.25, 0.3) is 0 Å². The molecule has 0 radical (unpaired) electrons. The minimum absolute atomic E-state index is 0.0388. The molecule has 8 heteroatoms. The third-order valence-electron chi connectivity index (χ3n) is 4.36. The maximum Gasteiger partial charge on any atom is 0.239 e. The van der Waals surface area contributed by atoms with E-state index < -0.39 is 6.04 Å². The number of ether oxygens (including phenoxy) is 1. The Morgan fingerprint density at radius 2 is 1.97 bits per heavy atom. The SMILES string of the molecule is CCNC(=O)CN(C)C(=O)C(C)NCC(C)Oc1ccccc1CCCNC=O. The number of rotatable bonds is 14. The summed E-state index contributed by atoms with van der Waals surface area (Å²) in [6, 6.07) is 7.39. The first-order valence-corrected chi connectivity index (χ1v) is 10.1. The van der Waals surface area contributed by atoms with E-state index in [1.54, 1.807) is 14.0 Å². The highest BCUT2D eigenvalue weighted by atomic mass is 16.5. The van der Waals surface area contributed by atoms with Crippen LogP contribution in [0.1, 0.15) is 32.8 Å². The zero-order valence-corrected chi connectivity index (χ0v) is 17.9. The first-order chi connectivity index (χ1) is 13.9. The fourth-order valence-corrected chi connectivity index (χ4v) is 2.83. The largest absolute Gasteiger partial charge is 0.489 e. The lowest BCUT2D eigenvalue weighted by atomic mass is 10.1. The van der Waals surface area contributed by atoms with Crippen molar-refractivity contribution in [1.29, 1.82) is 0 Å². The average Bonchev–Trinajstić information content (AvgIpc) is 2.70. The van der Waals surface area contributed by atoms with Crippen LogP contribution in [-0.2, 0) is 20.8 Å². The van der Waals surface area contributed by atoms with E-state index in [0.717, 1.165) is 24.2 Å². The molecule has 1 rings (SSSR count). The molecule has 29 heavy (non-hydrogen) atoms. The average molecular weight is 407 g/mol. The fourth-order valence-electron chi connectivity index (χ4n) is 2.83. The molecule has 0 saturated heterocycles. The molecule has 0 spiro atoms. The van der Waals surface area contributed by atoms with Crippen molar-refractivity contribution < 1.29 is 19.1 Å². The molecule has 3 N–H and O–H groups in total. The van der Waals surface area contributed by atoms with Gasteiger partial charge in [-0.15, -0.1) is 0 Å². The molecule has 0 fully saturated rings. The maximum atomic E-state index is 12.4. The number of carbonyl (C=O) groups is 3. The Labute approximate surface area is 173 Å². The summed E-state index contributed by atoms with van der Waals surface area (Å²) in [4.78, 5) is 35.8. The minimum atomic E-state index is -0.426.